The largest absolute Gasteiger partial charge is 0.466 e. The van der Waals surface area contributed by atoms with Crippen molar-refractivity contribution in [2.45, 2.75) is 76.1 Å². The average Bonchev–Trinajstić information content (AvgIpc) is 2.47. The lowest BCUT2D eigenvalue weighted by Crippen LogP contribution is -2.40. The SMILES string of the molecule is CCOC(=O)C1CCC(C2(C)SCCC(C(C)(C)C)S2)CC1. The zero-order valence-electron chi connectivity index (χ0n) is 14.8. The van der Waals surface area contributed by atoms with Crippen molar-refractivity contribution in [3.05, 3.63) is 0 Å². The van der Waals surface area contributed by atoms with Crippen molar-refractivity contribution in [3.8, 4) is 0 Å². The molecule has 0 aromatic rings. The molecule has 0 radical (unpaired) electrons. The monoisotopic (exact) mass is 344 g/mol. The van der Waals surface area contributed by atoms with Gasteiger partial charge in [-0.05, 0) is 63.0 Å². The highest BCUT2D eigenvalue weighted by Crippen LogP contribution is 2.57. The van der Waals surface area contributed by atoms with E-state index in [1.165, 1.54) is 25.0 Å². The van der Waals surface area contributed by atoms with Gasteiger partial charge in [0.25, 0.3) is 0 Å². The van der Waals surface area contributed by atoms with Gasteiger partial charge in [0.1, 0.15) is 0 Å². The van der Waals surface area contributed by atoms with Crippen LogP contribution in [-0.4, -0.2) is 27.7 Å². The number of ether oxygens (including phenoxy) is 1. The van der Waals surface area contributed by atoms with Crippen LogP contribution in [0, 0.1) is 17.3 Å². The molecule has 1 aliphatic heterocycles. The van der Waals surface area contributed by atoms with Crippen molar-refractivity contribution in [2.24, 2.45) is 17.3 Å². The van der Waals surface area contributed by atoms with Crippen LogP contribution < -0.4 is 0 Å². The van der Waals surface area contributed by atoms with Gasteiger partial charge < -0.3 is 4.74 Å². The van der Waals surface area contributed by atoms with E-state index in [9.17, 15) is 4.79 Å². The second-order valence-corrected chi connectivity index (χ2v) is 11.4. The number of rotatable bonds is 3. The first-order valence-corrected chi connectivity index (χ1v) is 10.6. The summed E-state index contributed by atoms with van der Waals surface area (Å²) in [4.78, 5) is 11.9. The molecule has 2 aliphatic rings. The van der Waals surface area contributed by atoms with Crippen LogP contribution in [0.2, 0.25) is 0 Å². The minimum Gasteiger partial charge on any atom is -0.466 e. The summed E-state index contributed by atoms with van der Waals surface area (Å²) in [6, 6.07) is 0. The first-order chi connectivity index (χ1) is 10.3. The third kappa shape index (κ3) is 4.37. The summed E-state index contributed by atoms with van der Waals surface area (Å²) in [5, 5.41) is 0.751. The smallest absolute Gasteiger partial charge is 0.308 e. The highest BCUT2D eigenvalue weighted by Gasteiger charge is 2.45. The molecule has 0 N–H and O–H groups in total. The normalized spacial score (nSPS) is 36.9. The summed E-state index contributed by atoms with van der Waals surface area (Å²) in [5.74, 6) is 2.20. The van der Waals surface area contributed by atoms with Crippen molar-refractivity contribution < 1.29 is 9.53 Å². The Labute approximate surface area is 144 Å². The fraction of sp³-hybridized carbons (Fsp3) is 0.944. The second-order valence-electron chi connectivity index (χ2n) is 7.93. The van der Waals surface area contributed by atoms with Gasteiger partial charge in [0, 0.05) is 5.25 Å². The maximum absolute atomic E-state index is 11.9. The van der Waals surface area contributed by atoms with Crippen LogP contribution in [0.15, 0.2) is 0 Å². The molecule has 1 heterocycles. The molecule has 2 fully saturated rings. The summed E-state index contributed by atoms with van der Waals surface area (Å²) in [5.41, 5.74) is 0.384. The lowest BCUT2D eigenvalue weighted by molar-refractivity contribution is -0.149. The number of esters is 1. The van der Waals surface area contributed by atoms with Crippen molar-refractivity contribution >= 4 is 29.5 Å². The molecule has 128 valence electrons. The zero-order chi connectivity index (χ0) is 16.4. The minimum absolute atomic E-state index is 0.0302. The summed E-state index contributed by atoms with van der Waals surface area (Å²) in [7, 11) is 0. The molecule has 0 aromatic carbocycles. The second kappa shape index (κ2) is 7.38. The first-order valence-electron chi connectivity index (χ1n) is 8.74. The van der Waals surface area contributed by atoms with E-state index in [-0.39, 0.29) is 11.9 Å². The molecule has 0 aromatic heterocycles. The van der Waals surface area contributed by atoms with Crippen molar-refractivity contribution in [1.29, 1.82) is 0 Å². The van der Waals surface area contributed by atoms with E-state index in [0.29, 0.717) is 16.1 Å². The Kier molecular flexibility index (Phi) is 6.21. The number of hydrogen-bond donors (Lipinski definition) is 0. The number of carbonyl (C=O) groups excluding carboxylic acids is 1. The summed E-state index contributed by atoms with van der Waals surface area (Å²) >= 11 is 4.37. The number of carbonyl (C=O) groups is 1. The number of hydrogen-bond acceptors (Lipinski definition) is 4. The summed E-state index contributed by atoms with van der Waals surface area (Å²) < 4.78 is 5.53. The van der Waals surface area contributed by atoms with Crippen LogP contribution in [-0.2, 0) is 9.53 Å². The lowest BCUT2D eigenvalue weighted by atomic mass is 9.80. The van der Waals surface area contributed by atoms with Gasteiger partial charge in [0.05, 0.1) is 16.6 Å². The van der Waals surface area contributed by atoms with Gasteiger partial charge in [0.15, 0.2) is 0 Å². The molecular weight excluding hydrogens is 312 g/mol. The van der Waals surface area contributed by atoms with Crippen LogP contribution >= 0.6 is 23.5 Å². The Balaban J connectivity index is 1.93. The van der Waals surface area contributed by atoms with Gasteiger partial charge >= 0.3 is 5.97 Å². The van der Waals surface area contributed by atoms with E-state index < -0.39 is 0 Å². The van der Waals surface area contributed by atoms with Gasteiger partial charge in [-0.3, -0.25) is 4.79 Å². The molecule has 2 rings (SSSR count). The molecule has 2 atom stereocenters. The predicted molar refractivity (Wildman–Crippen MR) is 98.4 cm³/mol. The average molecular weight is 345 g/mol. The predicted octanol–water partition coefficient (Wildman–Crippen LogP) is 5.36. The molecule has 2 nitrogen and oxygen atoms in total. The molecule has 2 unspecified atom stereocenters. The van der Waals surface area contributed by atoms with Crippen LogP contribution in [0.3, 0.4) is 0 Å². The minimum atomic E-state index is 0.0302. The molecule has 0 bridgehead atoms. The van der Waals surface area contributed by atoms with Crippen LogP contribution in [0.5, 0.6) is 0 Å². The Morgan fingerprint density at radius 3 is 2.36 bits per heavy atom. The van der Waals surface area contributed by atoms with Crippen LogP contribution in [0.4, 0.5) is 0 Å². The Bertz CT molecular complexity index is 383. The van der Waals surface area contributed by atoms with E-state index in [1.54, 1.807) is 0 Å². The van der Waals surface area contributed by atoms with Crippen molar-refractivity contribution in [1.82, 2.24) is 0 Å². The molecular formula is C18H32O2S2. The van der Waals surface area contributed by atoms with Gasteiger partial charge in [-0.1, -0.05) is 20.8 Å². The van der Waals surface area contributed by atoms with Gasteiger partial charge in [-0.15, -0.1) is 23.5 Å². The lowest BCUT2D eigenvalue weighted by Gasteiger charge is -2.48. The molecule has 0 spiro atoms. The number of thioether (sulfide) groups is 2. The van der Waals surface area contributed by atoms with Crippen LogP contribution in [0.1, 0.15) is 66.7 Å². The van der Waals surface area contributed by atoms with Gasteiger partial charge in [0.2, 0.25) is 0 Å². The molecule has 1 saturated carbocycles. The Hall–Kier alpha value is 0.170. The zero-order valence-corrected chi connectivity index (χ0v) is 16.4. The van der Waals surface area contributed by atoms with Crippen molar-refractivity contribution in [3.63, 3.8) is 0 Å². The van der Waals surface area contributed by atoms with E-state index >= 15 is 0 Å². The van der Waals surface area contributed by atoms with E-state index in [4.69, 9.17) is 4.74 Å². The summed E-state index contributed by atoms with van der Waals surface area (Å²) in [6.07, 6.45) is 5.71. The molecule has 1 saturated heterocycles. The Morgan fingerprint density at radius 1 is 1.18 bits per heavy atom. The van der Waals surface area contributed by atoms with E-state index in [0.717, 1.165) is 24.0 Å². The quantitative estimate of drug-likeness (QED) is 0.644. The fourth-order valence-corrected chi connectivity index (χ4v) is 7.51. The first kappa shape index (κ1) is 18.5. The van der Waals surface area contributed by atoms with E-state index in [2.05, 4.69) is 51.2 Å². The Morgan fingerprint density at radius 2 is 1.82 bits per heavy atom. The van der Waals surface area contributed by atoms with Gasteiger partial charge in [-0.2, -0.15) is 0 Å². The third-order valence-electron chi connectivity index (χ3n) is 5.20. The van der Waals surface area contributed by atoms with E-state index in [1.807, 2.05) is 6.92 Å². The summed E-state index contributed by atoms with van der Waals surface area (Å²) in [6.45, 7) is 12.0. The molecule has 0 amide bonds. The molecule has 22 heavy (non-hydrogen) atoms. The third-order valence-corrected chi connectivity index (χ3v) is 9.22. The van der Waals surface area contributed by atoms with Gasteiger partial charge in [-0.25, -0.2) is 0 Å². The fourth-order valence-electron chi connectivity index (χ4n) is 3.68. The maximum Gasteiger partial charge on any atom is 0.308 e. The van der Waals surface area contributed by atoms with Crippen LogP contribution in [0.25, 0.3) is 0 Å². The highest BCUT2D eigenvalue weighted by atomic mass is 32.2. The van der Waals surface area contributed by atoms with Crippen molar-refractivity contribution in [2.75, 3.05) is 12.4 Å². The molecule has 4 heteroatoms. The highest BCUT2D eigenvalue weighted by molar-refractivity contribution is 8.19. The maximum atomic E-state index is 11.9. The topological polar surface area (TPSA) is 26.3 Å². The molecule has 1 aliphatic carbocycles. The standard InChI is InChI=1S/C18H32O2S2/c1-6-20-16(19)13-7-9-14(10-8-13)18(5)21-12-11-15(22-18)17(2,3)4/h13-15H,6-12H2,1-5H3.